The predicted octanol–water partition coefficient (Wildman–Crippen LogP) is 0.946. The van der Waals surface area contributed by atoms with Gasteiger partial charge in [0.1, 0.15) is 5.15 Å². The largest absolute Gasteiger partial charge is 0.237 e. The van der Waals surface area contributed by atoms with Crippen LogP contribution in [-0.4, -0.2) is 4.98 Å². The second kappa shape index (κ2) is 2.84. The van der Waals surface area contributed by atoms with Crippen LogP contribution in [0, 0.1) is 0 Å². The van der Waals surface area contributed by atoms with Crippen LogP contribution in [0.5, 0.6) is 0 Å². The molecule has 1 heterocycles. The van der Waals surface area contributed by atoms with Crippen molar-refractivity contribution in [2.45, 2.75) is 6.92 Å². The van der Waals surface area contributed by atoms with Crippen molar-refractivity contribution in [1.82, 2.24) is 4.98 Å². The molecule has 0 aliphatic carbocycles. The van der Waals surface area contributed by atoms with E-state index in [1.54, 1.807) is 6.07 Å². The third-order valence-electron chi connectivity index (χ3n) is 1.29. The first-order valence-electron chi connectivity index (χ1n) is 3.02. The van der Waals surface area contributed by atoms with Crippen molar-refractivity contribution in [3.8, 4) is 0 Å². The molecule has 1 aromatic heterocycles. The van der Waals surface area contributed by atoms with Gasteiger partial charge in [0.25, 0.3) is 0 Å². The quantitative estimate of drug-likeness (QED) is 0.506. The number of aromatic nitrogens is 1. The first-order valence-corrected chi connectivity index (χ1v) is 3.39. The van der Waals surface area contributed by atoms with Gasteiger partial charge >= 0.3 is 0 Å². The fourth-order valence-corrected chi connectivity index (χ4v) is 0.913. The molecule has 0 saturated carbocycles. The maximum absolute atomic E-state index is 5.61. The van der Waals surface area contributed by atoms with Crippen LogP contribution < -0.4 is 10.6 Å². The Balaban J connectivity index is 3.50. The van der Waals surface area contributed by atoms with Gasteiger partial charge in [-0.05, 0) is 18.2 Å². The first kappa shape index (κ1) is 7.29. The fraction of sp³-hybridized carbons (Fsp3) is 0.125. The summed E-state index contributed by atoms with van der Waals surface area (Å²) in [6, 6.07) is 3.66. The Morgan fingerprint density at radius 2 is 2.30 bits per heavy atom. The summed E-state index contributed by atoms with van der Waals surface area (Å²) in [6.45, 7) is 5.67. The van der Waals surface area contributed by atoms with Crippen LogP contribution >= 0.6 is 11.6 Å². The van der Waals surface area contributed by atoms with E-state index >= 15 is 0 Å². The van der Waals surface area contributed by atoms with Gasteiger partial charge in [-0.25, -0.2) is 4.98 Å². The van der Waals surface area contributed by atoms with Crippen LogP contribution in [0.15, 0.2) is 12.1 Å². The molecule has 0 N–H and O–H groups in total. The lowest BCUT2D eigenvalue weighted by Crippen LogP contribution is -2.25. The zero-order chi connectivity index (χ0) is 7.56. The smallest absolute Gasteiger partial charge is 0.129 e. The summed E-state index contributed by atoms with van der Waals surface area (Å²) in [5.41, 5.74) is 0. The highest BCUT2D eigenvalue weighted by molar-refractivity contribution is 6.29. The van der Waals surface area contributed by atoms with Crippen molar-refractivity contribution in [3.05, 3.63) is 27.9 Å². The lowest BCUT2D eigenvalue weighted by molar-refractivity contribution is 1.23. The van der Waals surface area contributed by atoms with Gasteiger partial charge in [0.2, 0.25) is 0 Å². The van der Waals surface area contributed by atoms with Gasteiger partial charge in [-0.1, -0.05) is 30.3 Å². The van der Waals surface area contributed by atoms with E-state index in [1.165, 1.54) is 0 Å². The molecule has 2 heteroatoms. The van der Waals surface area contributed by atoms with Gasteiger partial charge in [-0.2, -0.15) is 0 Å². The zero-order valence-electron chi connectivity index (χ0n) is 5.76. The van der Waals surface area contributed by atoms with E-state index in [0.717, 1.165) is 10.6 Å². The highest BCUT2D eigenvalue weighted by Crippen LogP contribution is 1.94. The molecule has 0 bridgehead atoms. The molecule has 0 aliphatic heterocycles. The molecule has 0 saturated heterocycles. The van der Waals surface area contributed by atoms with Crippen molar-refractivity contribution in [2.75, 3.05) is 0 Å². The molecule has 10 heavy (non-hydrogen) atoms. The number of rotatable bonds is 0. The number of nitrogens with zero attached hydrogens (tertiary/aromatic N) is 1. The number of hydrogen-bond donors (Lipinski definition) is 0. The first-order chi connectivity index (χ1) is 4.74. The minimum absolute atomic E-state index is 0.496. The van der Waals surface area contributed by atoms with E-state index in [-0.39, 0.29) is 0 Å². The van der Waals surface area contributed by atoms with Crippen LogP contribution in [0.1, 0.15) is 6.92 Å². The molecule has 52 valence electrons. The molecule has 0 aliphatic rings. The van der Waals surface area contributed by atoms with Gasteiger partial charge in [-0.15, -0.1) is 0 Å². The third kappa shape index (κ3) is 1.36. The fourth-order valence-electron chi connectivity index (χ4n) is 0.748. The summed E-state index contributed by atoms with van der Waals surface area (Å²) in [5.74, 6) is 0. The minimum Gasteiger partial charge on any atom is -0.237 e. The van der Waals surface area contributed by atoms with E-state index in [2.05, 4.69) is 11.6 Å². The van der Waals surface area contributed by atoms with Crippen molar-refractivity contribution < 1.29 is 0 Å². The Hall–Kier alpha value is -0.820. The van der Waals surface area contributed by atoms with Crippen molar-refractivity contribution >= 4 is 24.3 Å². The Bertz CT molecular complexity index is 330. The summed E-state index contributed by atoms with van der Waals surface area (Å²) in [6.07, 6.45) is 1.95. The van der Waals surface area contributed by atoms with E-state index in [4.69, 9.17) is 11.6 Å². The predicted molar refractivity (Wildman–Crippen MR) is 44.2 cm³/mol. The van der Waals surface area contributed by atoms with Crippen molar-refractivity contribution in [2.24, 2.45) is 0 Å². The SMILES string of the molecule is C=c1nc(Cl)ccc1=CC. The molecule has 1 rings (SSSR count). The Morgan fingerprint density at radius 3 is 2.80 bits per heavy atom. The molecule has 0 amide bonds. The number of halogens is 1. The molecular formula is C8H8ClN. The summed E-state index contributed by atoms with van der Waals surface area (Å²) in [4.78, 5) is 3.97. The summed E-state index contributed by atoms with van der Waals surface area (Å²) in [7, 11) is 0. The zero-order valence-corrected chi connectivity index (χ0v) is 6.52. The second-order valence-electron chi connectivity index (χ2n) is 1.96. The van der Waals surface area contributed by atoms with E-state index in [1.807, 2.05) is 19.1 Å². The molecule has 0 radical (unpaired) electrons. The van der Waals surface area contributed by atoms with Gasteiger partial charge < -0.3 is 0 Å². The van der Waals surface area contributed by atoms with Crippen LogP contribution in [0.4, 0.5) is 0 Å². The molecular weight excluding hydrogens is 146 g/mol. The Labute approximate surface area is 64.7 Å². The average Bonchev–Trinajstić information content (AvgIpc) is 1.88. The molecule has 0 fully saturated rings. The molecule has 0 spiro atoms. The van der Waals surface area contributed by atoms with Gasteiger partial charge in [0.05, 0.1) is 5.35 Å². The summed E-state index contributed by atoms with van der Waals surface area (Å²) >= 11 is 5.61. The lowest BCUT2D eigenvalue weighted by atomic mass is 10.3. The topological polar surface area (TPSA) is 12.9 Å². The highest BCUT2D eigenvalue weighted by Gasteiger charge is 1.85. The van der Waals surface area contributed by atoms with E-state index in [9.17, 15) is 0 Å². The normalized spacial score (nSPS) is 12.0. The lowest BCUT2D eigenvalue weighted by Gasteiger charge is -1.87. The maximum Gasteiger partial charge on any atom is 0.129 e. The van der Waals surface area contributed by atoms with Gasteiger partial charge in [-0.3, -0.25) is 0 Å². The monoisotopic (exact) mass is 153 g/mol. The second-order valence-corrected chi connectivity index (χ2v) is 2.35. The molecule has 1 aromatic rings. The van der Waals surface area contributed by atoms with Crippen LogP contribution in [0.2, 0.25) is 5.15 Å². The van der Waals surface area contributed by atoms with Crippen LogP contribution in [0.3, 0.4) is 0 Å². The molecule has 0 aromatic carbocycles. The number of pyridine rings is 1. The van der Waals surface area contributed by atoms with Crippen LogP contribution in [0.25, 0.3) is 12.7 Å². The van der Waals surface area contributed by atoms with Gasteiger partial charge in [0, 0.05) is 0 Å². The van der Waals surface area contributed by atoms with Crippen molar-refractivity contribution in [3.63, 3.8) is 0 Å². The minimum atomic E-state index is 0.496. The Morgan fingerprint density at radius 1 is 1.60 bits per heavy atom. The number of hydrogen-bond acceptors (Lipinski definition) is 1. The summed E-state index contributed by atoms with van der Waals surface area (Å²) < 4.78 is 0. The maximum atomic E-state index is 5.61. The summed E-state index contributed by atoms with van der Waals surface area (Å²) in [5, 5.41) is 2.26. The van der Waals surface area contributed by atoms with Gasteiger partial charge in [0.15, 0.2) is 0 Å². The van der Waals surface area contributed by atoms with E-state index < -0.39 is 0 Å². The van der Waals surface area contributed by atoms with E-state index in [0.29, 0.717) is 5.15 Å². The molecule has 1 nitrogen and oxygen atoms in total. The standard InChI is InChI=1S/C8H8ClN/c1-3-7-4-5-8(9)10-6(7)2/h3-5H,2H2,1H3. The highest BCUT2D eigenvalue weighted by atomic mass is 35.5. The Kier molecular flexibility index (Phi) is 2.07. The molecule has 0 atom stereocenters. The third-order valence-corrected chi connectivity index (χ3v) is 1.50. The van der Waals surface area contributed by atoms with Crippen molar-refractivity contribution in [1.29, 1.82) is 0 Å². The molecule has 0 unspecified atom stereocenters. The van der Waals surface area contributed by atoms with Crippen LogP contribution in [-0.2, 0) is 0 Å². The average molecular weight is 154 g/mol.